The third-order valence-electron chi connectivity index (χ3n) is 4.28. The van der Waals surface area contributed by atoms with Crippen molar-refractivity contribution in [2.45, 2.75) is 58.2 Å². The summed E-state index contributed by atoms with van der Waals surface area (Å²) in [6.45, 7) is 11.8. The summed E-state index contributed by atoms with van der Waals surface area (Å²) >= 11 is 0. The van der Waals surface area contributed by atoms with E-state index in [1.54, 1.807) is 0 Å². The van der Waals surface area contributed by atoms with Crippen LogP contribution in [0, 0.1) is 5.92 Å². The molecule has 0 saturated heterocycles. The summed E-state index contributed by atoms with van der Waals surface area (Å²) in [5.41, 5.74) is 3.45. The molecule has 2 heteroatoms. The number of hydrogen-bond donors (Lipinski definition) is 0. The molecule has 17 heavy (non-hydrogen) atoms. The van der Waals surface area contributed by atoms with Gasteiger partial charge in [-0.15, -0.1) is 0 Å². The van der Waals surface area contributed by atoms with E-state index in [0.29, 0.717) is 11.0 Å². The maximum atomic E-state index is 10.8. The van der Waals surface area contributed by atoms with Crippen LogP contribution in [-0.2, 0) is 4.79 Å². The summed E-state index contributed by atoms with van der Waals surface area (Å²) in [6.07, 6.45) is 8.83. The molecule has 0 fully saturated rings. The van der Waals surface area contributed by atoms with E-state index in [-0.39, 0.29) is 0 Å². The SMILES string of the molecule is CC(C)(C)[Si](C)(C)/C=C\C1C=C(C=O)CCC1. The Bertz CT molecular complexity index is 331. The Hall–Kier alpha value is -0.633. The normalized spacial score (nSPS) is 22.6. The zero-order valence-electron chi connectivity index (χ0n) is 11.9. The molecule has 1 atom stereocenters. The Kier molecular flexibility index (Phi) is 4.53. The molecule has 1 aliphatic rings. The number of aldehydes is 1. The van der Waals surface area contributed by atoms with Gasteiger partial charge in [-0.1, -0.05) is 51.7 Å². The highest BCUT2D eigenvalue weighted by atomic mass is 28.3. The quantitative estimate of drug-likeness (QED) is 0.532. The molecule has 0 radical (unpaired) electrons. The van der Waals surface area contributed by atoms with Gasteiger partial charge in [-0.2, -0.15) is 0 Å². The summed E-state index contributed by atoms with van der Waals surface area (Å²) in [4.78, 5) is 10.8. The molecule has 1 unspecified atom stereocenters. The molecule has 0 spiro atoms. The minimum atomic E-state index is -1.32. The van der Waals surface area contributed by atoms with Crippen LogP contribution in [0.5, 0.6) is 0 Å². The van der Waals surface area contributed by atoms with Gasteiger partial charge in [-0.25, -0.2) is 0 Å². The molecule has 0 amide bonds. The van der Waals surface area contributed by atoms with E-state index in [0.717, 1.165) is 24.7 Å². The summed E-state index contributed by atoms with van der Waals surface area (Å²) in [5, 5.41) is 0.398. The Morgan fingerprint density at radius 3 is 2.53 bits per heavy atom. The predicted molar refractivity (Wildman–Crippen MR) is 77.8 cm³/mol. The maximum Gasteiger partial charge on any atom is 0.145 e. The van der Waals surface area contributed by atoms with Crippen molar-refractivity contribution in [2.75, 3.05) is 0 Å². The van der Waals surface area contributed by atoms with E-state index in [9.17, 15) is 4.79 Å². The number of allylic oxidation sites excluding steroid dienone is 3. The molecule has 0 aromatic carbocycles. The Morgan fingerprint density at radius 2 is 2.00 bits per heavy atom. The Labute approximate surface area is 107 Å². The van der Waals surface area contributed by atoms with Crippen LogP contribution < -0.4 is 0 Å². The molecule has 1 aliphatic carbocycles. The molecule has 96 valence electrons. The average molecular weight is 250 g/mol. The van der Waals surface area contributed by atoms with E-state index in [1.807, 2.05) is 0 Å². The highest BCUT2D eigenvalue weighted by Gasteiger charge is 2.32. The van der Waals surface area contributed by atoms with Crippen molar-refractivity contribution < 1.29 is 4.79 Å². The van der Waals surface area contributed by atoms with Crippen LogP contribution in [-0.4, -0.2) is 14.4 Å². The van der Waals surface area contributed by atoms with Gasteiger partial charge in [0.1, 0.15) is 6.29 Å². The van der Waals surface area contributed by atoms with Crippen molar-refractivity contribution in [3.8, 4) is 0 Å². The standard InChI is InChI=1S/C15H26OSi/c1-15(2,3)17(4,5)10-9-13-7-6-8-14(11-13)12-16/h9-13H,6-8H2,1-5H3/b10-9-. The molecule has 0 saturated carbocycles. The zero-order valence-corrected chi connectivity index (χ0v) is 12.9. The average Bonchev–Trinajstić information content (AvgIpc) is 2.25. The zero-order chi connectivity index (χ0) is 13.1. The fourth-order valence-electron chi connectivity index (χ4n) is 1.85. The van der Waals surface area contributed by atoms with Crippen LogP contribution >= 0.6 is 0 Å². The summed E-state index contributed by atoms with van der Waals surface area (Å²) in [7, 11) is -1.32. The van der Waals surface area contributed by atoms with Crippen molar-refractivity contribution in [1.29, 1.82) is 0 Å². The number of rotatable bonds is 3. The summed E-state index contributed by atoms with van der Waals surface area (Å²) < 4.78 is 0. The lowest BCUT2D eigenvalue weighted by Gasteiger charge is -2.34. The van der Waals surface area contributed by atoms with Crippen molar-refractivity contribution >= 4 is 14.4 Å². The van der Waals surface area contributed by atoms with Crippen molar-refractivity contribution in [3.05, 3.63) is 23.4 Å². The van der Waals surface area contributed by atoms with Gasteiger partial charge in [-0.3, -0.25) is 4.79 Å². The topological polar surface area (TPSA) is 17.1 Å². The second kappa shape index (κ2) is 5.34. The van der Waals surface area contributed by atoms with E-state index < -0.39 is 8.07 Å². The van der Waals surface area contributed by atoms with Crippen LogP contribution in [0.3, 0.4) is 0 Å². The summed E-state index contributed by atoms with van der Waals surface area (Å²) in [5.74, 6) is 0.484. The minimum absolute atomic E-state index is 0.398. The lowest BCUT2D eigenvalue weighted by atomic mass is 9.91. The van der Waals surface area contributed by atoms with E-state index in [2.05, 4.69) is 51.7 Å². The first-order valence-corrected chi connectivity index (χ1v) is 9.69. The smallest absolute Gasteiger partial charge is 0.145 e. The first-order valence-electron chi connectivity index (χ1n) is 6.61. The van der Waals surface area contributed by atoms with Gasteiger partial charge in [0, 0.05) is 0 Å². The van der Waals surface area contributed by atoms with Gasteiger partial charge < -0.3 is 0 Å². The minimum Gasteiger partial charge on any atom is -0.298 e. The van der Waals surface area contributed by atoms with E-state index in [1.165, 1.54) is 6.42 Å². The fourth-order valence-corrected chi connectivity index (χ4v) is 3.08. The van der Waals surface area contributed by atoms with Crippen molar-refractivity contribution in [3.63, 3.8) is 0 Å². The van der Waals surface area contributed by atoms with Gasteiger partial charge in [0.15, 0.2) is 0 Å². The van der Waals surface area contributed by atoms with E-state index >= 15 is 0 Å². The number of carbonyl (C=O) groups excluding carboxylic acids is 1. The Balaban J connectivity index is 2.75. The summed E-state index contributed by atoms with van der Waals surface area (Å²) in [6, 6.07) is 0. The number of hydrogen-bond acceptors (Lipinski definition) is 1. The van der Waals surface area contributed by atoms with Crippen molar-refractivity contribution in [1.82, 2.24) is 0 Å². The monoisotopic (exact) mass is 250 g/mol. The van der Waals surface area contributed by atoms with Crippen LogP contribution in [0.2, 0.25) is 18.1 Å². The van der Waals surface area contributed by atoms with E-state index in [4.69, 9.17) is 0 Å². The lowest BCUT2D eigenvalue weighted by Crippen LogP contribution is -2.35. The van der Waals surface area contributed by atoms with Crippen LogP contribution in [0.4, 0.5) is 0 Å². The van der Waals surface area contributed by atoms with Gasteiger partial charge >= 0.3 is 0 Å². The molecule has 0 heterocycles. The third kappa shape index (κ3) is 3.95. The first-order chi connectivity index (χ1) is 7.76. The molecule has 0 aromatic heterocycles. The van der Waals surface area contributed by atoms with Gasteiger partial charge in [0.25, 0.3) is 0 Å². The largest absolute Gasteiger partial charge is 0.298 e. The second-order valence-electron chi connectivity index (χ2n) is 6.75. The van der Waals surface area contributed by atoms with Crippen LogP contribution in [0.15, 0.2) is 23.4 Å². The lowest BCUT2D eigenvalue weighted by molar-refractivity contribution is -0.105. The predicted octanol–water partition coefficient (Wildman–Crippen LogP) is 4.52. The Morgan fingerprint density at radius 1 is 1.35 bits per heavy atom. The molecule has 1 nitrogen and oxygen atoms in total. The maximum absolute atomic E-state index is 10.8. The highest BCUT2D eigenvalue weighted by molar-refractivity contribution is 6.84. The van der Waals surface area contributed by atoms with Gasteiger partial charge in [0.2, 0.25) is 0 Å². The highest BCUT2D eigenvalue weighted by Crippen LogP contribution is 2.37. The molecule has 0 N–H and O–H groups in total. The fraction of sp³-hybridized carbons (Fsp3) is 0.667. The van der Waals surface area contributed by atoms with Crippen molar-refractivity contribution in [2.24, 2.45) is 5.92 Å². The molecular weight excluding hydrogens is 224 g/mol. The number of carbonyl (C=O) groups is 1. The molecule has 0 bridgehead atoms. The molecule has 0 aromatic rings. The van der Waals surface area contributed by atoms with Gasteiger partial charge in [-0.05, 0) is 35.8 Å². The molecular formula is C15H26OSi. The van der Waals surface area contributed by atoms with Crippen LogP contribution in [0.1, 0.15) is 40.0 Å². The first kappa shape index (κ1) is 14.4. The third-order valence-corrected chi connectivity index (χ3v) is 9.17. The molecule has 0 aliphatic heterocycles. The second-order valence-corrected chi connectivity index (χ2v) is 12.0. The van der Waals surface area contributed by atoms with Gasteiger partial charge in [0.05, 0.1) is 8.07 Å². The van der Waals surface area contributed by atoms with Crippen LogP contribution in [0.25, 0.3) is 0 Å². The molecule has 1 rings (SSSR count).